The quantitative estimate of drug-likeness (QED) is 0.883. The highest BCUT2D eigenvalue weighted by Gasteiger charge is 2.32. The van der Waals surface area contributed by atoms with Gasteiger partial charge in [-0.1, -0.05) is 6.07 Å². The number of ether oxygens (including phenoxy) is 1. The van der Waals surface area contributed by atoms with E-state index in [1.165, 1.54) is 5.56 Å². The minimum Gasteiger partial charge on any atom is -0.385 e. The summed E-state index contributed by atoms with van der Waals surface area (Å²) in [6.45, 7) is 0.905. The van der Waals surface area contributed by atoms with Gasteiger partial charge in [-0.05, 0) is 43.4 Å². The number of sulfonamides is 1. The molecule has 3 rings (SSSR count). The number of anilines is 1. The number of hydrogen-bond acceptors (Lipinski definition) is 4. The minimum absolute atomic E-state index is 0.00561. The van der Waals surface area contributed by atoms with Crippen molar-refractivity contribution in [3.05, 3.63) is 23.8 Å². The largest absolute Gasteiger partial charge is 0.385 e. The zero-order valence-electron chi connectivity index (χ0n) is 11.6. The maximum absolute atomic E-state index is 12.3. The lowest BCUT2D eigenvalue weighted by Gasteiger charge is -2.34. The average molecular weight is 296 g/mol. The van der Waals surface area contributed by atoms with E-state index in [1.807, 2.05) is 6.07 Å². The van der Waals surface area contributed by atoms with Crippen molar-refractivity contribution in [2.75, 3.05) is 19.0 Å². The third-order valence-electron chi connectivity index (χ3n) is 4.08. The lowest BCUT2D eigenvalue weighted by molar-refractivity contribution is 0.0236. The molecule has 0 bridgehead atoms. The van der Waals surface area contributed by atoms with E-state index < -0.39 is 10.0 Å². The second-order valence-electron chi connectivity index (χ2n) is 5.50. The smallest absolute Gasteiger partial charge is 0.240 e. The van der Waals surface area contributed by atoms with Gasteiger partial charge >= 0.3 is 0 Å². The van der Waals surface area contributed by atoms with Crippen molar-refractivity contribution in [3.63, 3.8) is 0 Å². The van der Waals surface area contributed by atoms with Crippen LogP contribution in [0.1, 0.15) is 24.8 Å². The van der Waals surface area contributed by atoms with E-state index in [9.17, 15) is 8.42 Å². The maximum atomic E-state index is 12.3. The molecule has 0 aromatic heterocycles. The van der Waals surface area contributed by atoms with Crippen LogP contribution in [0.5, 0.6) is 0 Å². The fourth-order valence-electron chi connectivity index (χ4n) is 2.75. The molecule has 1 aliphatic heterocycles. The van der Waals surface area contributed by atoms with Gasteiger partial charge < -0.3 is 10.1 Å². The van der Waals surface area contributed by atoms with Crippen LogP contribution in [0, 0.1) is 0 Å². The molecular formula is C14H20N2O3S. The van der Waals surface area contributed by atoms with E-state index in [4.69, 9.17) is 4.74 Å². The first kappa shape index (κ1) is 13.9. The zero-order valence-corrected chi connectivity index (χ0v) is 12.4. The Labute approximate surface area is 119 Å². The summed E-state index contributed by atoms with van der Waals surface area (Å²) in [5, 5.41) is 3.26. The summed E-state index contributed by atoms with van der Waals surface area (Å²) in [6, 6.07) is 5.34. The SMILES string of the molecule is COC1CC(NS(=O)(=O)c2ccc3c(c2)NCCC3)C1. The lowest BCUT2D eigenvalue weighted by atomic mass is 9.90. The summed E-state index contributed by atoms with van der Waals surface area (Å²) >= 11 is 0. The first-order chi connectivity index (χ1) is 9.58. The molecule has 1 heterocycles. The van der Waals surface area contributed by atoms with Crippen molar-refractivity contribution in [2.24, 2.45) is 0 Å². The Kier molecular flexibility index (Phi) is 3.70. The number of hydrogen-bond donors (Lipinski definition) is 2. The summed E-state index contributed by atoms with van der Waals surface area (Å²) in [5.41, 5.74) is 2.14. The Morgan fingerprint density at radius 2 is 2.15 bits per heavy atom. The molecule has 1 aromatic rings. The number of nitrogens with one attached hydrogen (secondary N) is 2. The van der Waals surface area contributed by atoms with Gasteiger partial charge in [0.1, 0.15) is 0 Å². The number of benzene rings is 1. The van der Waals surface area contributed by atoms with Gasteiger partial charge in [-0.3, -0.25) is 0 Å². The fourth-order valence-corrected chi connectivity index (χ4v) is 4.04. The fraction of sp³-hybridized carbons (Fsp3) is 0.571. The van der Waals surface area contributed by atoms with Gasteiger partial charge in [0.15, 0.2) is 0 Å². The lowest BCUT2D eigenvalue weighted by Crippen LogP contribution is -2.47. The van der Waals surface area contributed by atoms with Crippen LogP contribution in [-0.4, -0.2) is 34.2 Å². The van der Waals surface area contributed by atoms with Crippen LogP contribution >= 0.6 is 0 Å². The zero-order chi connectivity index (χ0) is 14.2. The molecular weight excluding hydrogens is 276 g/mol. The monoisotopic (exact) mass is 296 g/mol. The molecule has 5 nitrogen and oxygen atoms in total. The highest BCUT2D eigenvalue weighted by molar-refractivity contribution is 7.89. The average Bonchev–Trinajstić information content (AvgIpc) is 2.42. The molecule has 0 radical (unpaired) electrons. The van der Waals surface area contributed by atoms with Crippen molar-refractivity contribution in [1.82, 2.24) is 4.72 Å². The molecule has 2 aliphatic rings. The maximum Gasteiger partial charge on any atom is 0.240 e. The Bertz CT molecular complexity index is 594. The molecule has 1 fully saturated rings. The van der Waals surface area contributed by atoms with Crippen molar-refractivity contribution in [2.45, 2.75) is 42.7 Å². The van der Waals surface area contributed by atoms with Crippen LogP contribution in [-0.2, 0) is 21.2 Å². The van der Waals surface area contributed by atoms with Crippen LogP contribution in [0.4, 0.5) is 5.69 Å². The predicted octanol–water partition coefficient (Wildman–Crippen LogP) is 1.50. The summed E-state index contributed by atoms with van der Waals surface area (Å²) in [7, 11) is -1.77. The van der Waals surface area contributed by atoms with Gasteiger partial charge in [0.05, 0.1) is 11.0 Å². The van der Waals surface area contributed by atoms with Gasteiger partial charge in [-0.2, -0.15) is 0 Å². The number of methoxy groups -OCH3 is 1. The van der Waals surface area contributed by atoms with E-state index in [0.717, 1.165) is 37.9 Å². The van der Waals surface area contributed by atoms with Crippen LogP contribution in [0.25, 0.3) is 0 Å². The molecule has 20 heavy (non-hydrogen) atoms. The Hall–Kier alpha value is -1.11. The minimum atomic E-state index is -3.43. The van der Waals surface area contributed by atoms with Gasteiger partial charge in [-0.15, -0.1) is 0 Å². The van der Waals surface area contributed by atoms with Crippen LogP contribution in [0.3, 0.4) is 0 Å². The summed E-state index contributed by atoms with van der Waals surface area (Å²) in [6.07, 6.45) is 3.79. The van der Waals surface area contributed by atoms with E-state index in [1.54, 1.807) is 19.2 Å². The molecule has 0 spiro atoms. The van der Waals surface area contributed by atoms with Gasteiger partial charge in [0.25, 0.3) is 0 Å². The summed E-state index contributed by atoms with van der Waals surface area (Å²) < 4.78 is 32.6. The highest BCUT2D eigenvalue weighted by atomic mass is 32.2. The molecule has 0 unspecified atom stereocenters. The van der Waals surface area contributed by atoms with Gasteiger partial charge in [-0.25, -0.2) is 13.1 Å². The van der Waals surface area contributed by atoms with Crippen molar-refractivity contribution in [3.8, 4) is 0 Å². The summed E-state index contributed by atoms with van der Waals surface area (Å²) in [5.74, 6) is 0. The number of rotatable bonds is 4. The van der Waals surface area contributed by atoms with Crippen LogP contribution in [0.15, 0.2) is 23.1 Å². The predicted molar refractivity (Wildman–Crippen MR) is 77.4 cm³/mol. The third kappa shape index (κ3) is 2.68. The second kappa shape index (κ2) is 5.35. The van der Waals surface area contributed by atoms with Crippen LogP contribution < -0.4 is 10.0 Å². The molecule has 1 aromatic carbocycles. The molecule has 0 atom stereocenters. The van der Waals surface area contributed by atoms with Gasteiger partial charge in [0, 0.05) is 25.4 Å². The van der Waals surface area contributed by atoms with E-state index >= 15 is 0 Å². The number of aryl methyl sites for hydroxylation is 1. The standard InChI is InChI=1S/C14H20N2O3S/c1-19-12-7-11(8-12)16-20(17,18)13-5-4-10-3-2-6-15-14(10)9-13/h4-5,9,11-12,15-16H,2-3,6-8H2,1H3. The van der Waals surface area contributed by atoms with Crippen molar-refractivity contribution < 1.29 is 13.2 Å². The second-order valence-corrected chi connectivity index (χ2v) is 7.21. The van der Waals surface area contributed by atoms with E-state index in [-0.39, 0.29) is 12.1 Å². The molecule has 0 amide bonds. The van der Waals surface area contributed by atoms with Crippen molar-refractivity contribution in [1.29, 1.82) is 0 Å². The summed E-state index contributed by atoms with van der Waals surface area (Å²) in [4.78, 5) is 0.339. The molecule has 110 valence electrons. The molecule has 2 N–H and O–H groups in total. The first-order valence-electron chi connectivity index (χ1n) is 7.00. The van der Waals surface area contributed by atoms with E-state index in [2.05, 4.69) is 10.0 Å². The normalized spacial score (nSPS) is 25.4. The Morgan fingerprint density at radius 3 is 2.90 bits per heavy atom. The van der Waals surface area contributed by atoms with Crippen molar-refractivity contribution >= 4 is 15.7 Å². The Balaban J connectivity index is 1.74. The molecule has 1 saturated carbocycles. The molecule has 0 saturated heterocycles. The highest BCUT2D eigenvalue weighted by Crippen LogP contribution is 2.27. The van der Waals surface area contributed by atoms with E-state index in [0.29, 0.717) is 4.90 Å². The number of fused-ring (bicyclic) bond motifs is 1. The topological polar surface area (TPSA) is 67.4 Å². The van der Waals surface area contributed by atoms with Crippen LogP contribution in [0.2, 0.25) is 0 Å². The Morgan fingerprint density at radius 1 is 1.35 bits per heavy atom. The third-order valence-corrected chi connectivity index (χ3v) is 5.60. The van der Waals surface area contributed by atoms with Gasteiger partial charge in [0.2, 0.25) is 10.0 Å². The molecule has 1 aliphatic carbocycles. The molecule has 6 heteroatoms. The first-order valence-corrected chi connectivity index (χ1v) is 8.49.